The van der Waals surface area contributed by atoms with Gasteiger partial charge in [0.1, 0.15) is 10.6 Å². The lowest BCUT2D eigenvalue weighted by Gasteiger charge is -2.20. The van der Waals surface area contributed by atoms with Crippen LogP contribution in [-0.2, 0) is 5.60 Å². The third-order valence-electron chi connectivity index (χ3n) is 3.52. The second-order valence-corrected chi connectivity index (χ2v) is 6.12. The van der Waals surface area contributed by atoms with Crippen molar-refractivity contribution in [3.63, 3.8) is 0 Å². The van der Waals surface area contributed by atoms with Crippen molar-refractivity contribution in [3.05, 3.63) is 87.9 Å². The standard InChI is InChI=1S/C19H17NOS/c1-19(21,16-10-6-3-7-11-16)18-20-17(14-22-18)13-12-15-8-4-2-5-9-15/h2-14,21H,1H3/b13-12+. The normalized spacial score (nSPS) is 14.1. The lowest BCUT2D eigenvalue weighted by molar-refractivity contribution is 0.102. The summed E-state index contributed by atoms with van der Waals surface area (Å²) in [7, 11) is 0. The van der Waals surface area contributed by atoms with Crippen molar-refractivity contribution < 1.29 is 5.11 Å². The van der Waals surface area contributed by atoms with Gasteiger partial charge in [0.05, 0.1) is 5.69 Å². The smallest absolute Gasteiger partial charge is 0.138 e. The average Bonchev–Trinajstić information content (AvgIpc) is 3.04. The Bertz CT molecular complexity index is 760. The SMILES string of the molecule is CC(O)(c1ccccc1)c1nc(/C=C/c2ccccc2)cs1. The zero-order valence-electron chi connectivity index (χ0n) is 12.3. The van der Waals surface area contributed by atoms with E-state index in [1.165, 1.54) is 11.3 Å². The molecule has 1 atom stereocenters. The Hall–Kier alpha value is -2.23. The predicted octanol–water partition coefficient (Wildman–Crippen LogP) is 4.57. The predicted molar refractivity (Wildman–Crippen MR) is 92.6 cm³/mol. The van der Waals surface area contributed by atoms with Crippen LogP contribution in [0, 0.1) is 0 Å². The molecular weight excluding hydrogens is 290 g/mol. The minimum atomic E-state index is -1.06. The van der Waals surface area contributed by atoms with E-state index in [1.54, 1.807) is 6.92 Å². The Kier molecular flexibility index (Phi) is 4.18. The van der Waals surface area contributed by atoms with Crippen LogP contribution >= 0.6 is 11.3 Å². The van der Waals surface area contributed by atoms with Crippen LogP contribution in [0.4, 0.5) is 0 Å². The molecular formula is C19H17NOS. The molecule has 2 aromatic carbocycles. The Labute approximate surface area is 134 Å². The van der Waals surface area contributed by atoms with Crippen LogP contribution in [0.15, 0.2) is 66.0 Å². The summed E-state index contributed by atoms with van der Waals surface area (Å²) in [5.74, 6) is 0. The van der Waals surface area contributed by atoms with Crippen LogP contribution in [0.2, 0.25) is 0 Å². The molecule has 1 aromatic heterocycles. The van der Waals surface area contributed by atoms with Crippen molar-refractivity contribution >= 4 is 23.5 Å². The van der Waals surface area contributed by atoms with Crippen molar-refractivity contribution in [2.24, 2.45) is 0 Å². The number of hydrogen-bond acceptors (Lipinski definition) is 3. The Morgan fingerprint density at radius 2 is 1.59 bits per heavy atom. The van der Waals surface area contributed by atoms with E-state index >= 15 is 0 Å². The van der Waals surface area contributed by atoms with Gasteiger partial charge in [-0.1, -0.05) is 66.7 Å². The summed E-state index contributed by atoms with van der Waals surface area (Å²) < 4.78 is 0. The maximum absolute atomic E-state index is 10.8. The second kappa shape index (κ2) is 6.26. The van der Waals surface area contributed by atoms with Crippen molar-refractivity contribution in [3.8, 4) is 0 Å². The van der Waals surface area contributed by atoms with Gasteiger partial charge in [-0.05, 0) is 24.1 Å². The molecule has 1 unspecified atom stereocenters. The fourth-order valence-corrected chi connectivity index (χ4v) is 3.09. The highest BCUT2D eigenvalue weighted by Gasteiger charge is 2.28. The minimum Gasteiger partial charge on any atom is -0.378 e. The number of benzene rings is 2. The molecule has 2 nitrogen and oxygen atoms in total. The highest BCUT2D eigenvalue weighted by molar-refractivity contribution is 7.09. The van der Waals surface area contributed by atoms with Gasteiger partial charge in [-0.2, -0.15) is 0 Å². The highest BCUT2D eigenvalue weighted by Crippen LogP contribution is 2.31. The first-order valence-electron chi connectivity index (χ1n) is 7.13. The number of aromatic nitrogens is 1. The van der Waals surface area contributed by atoms with E-state index < -0.39 is 5.60 Å². The summed E-state index contributed by atoms with van der Waals surface area (Å²) in [6.45, 7) is 1.78. The van der Waals surface area contributed by atoms with Crippen molar-refractivity contribution in [2.75, 3.05) is 0 Å². The molecule has 0 saturated heterocycles. The molecule has 22 heavy (non-hydrogen) atoms. The largest absolute Gasteiger partial charge is 0.378 e. The molecule has 0 radical (unpaired) electrons. The summed E-state index contributed by atoms with van der Waals surface area (Å²) >= 11 is 1.47. The van der Waals surface area contributed by atoms with Gasteiger partial charge < -0.3 is 5.11 Å². The summed E-state index contributed by atoms with van der Waals surface area (Å²) in [5.41, 5.74) is 1.78. The molecule has 0 aliphatic carbocycles. The summed E-state index contributed by atoms with van der Waals surface area (Å²) in [4.78, 5) is 4.56. The number of rotatable bonds is 4. The van der Waals surface area contributed by atoms with Gasteiger partial charge in [0.15, 0.2) is 0 Å². The lowest BCUT2D eigenvalue weighted by Crippen LogP contribution is -2.22. The monoisotopic (exact) mass is 307 g/mol. The van der Waals surface area contributed by atoms with E-state index in [9.17, 15) is 5.11 Å². The summed E-state index contributed by atoms with van der Waals surface area (Å²) in [6.07, 6.45) is 3.99. The first-order valence-corrected chi connectivity index (χ1v) is 8.01. The number of thiazole rings is 1. The molecule has 3 aromatic rings. The van der Waals surface area contributed by atoms with Crippen LogP contribution < -0.4 is 0 Å². The van der Waals surface area contributed by atoms with E-state index in [0.29, 0.717) is 5.01 Å². The lowest BCUT2D eigenvalue weighted by atomic mass is 9.97. The molecule has 0 aliphatic rings. The number of nitrogens with zero attached hydrogens (tertiary/aromatic N) is 1. The first kappa shape index (κ1) is 14.7. The van der Waals surface area contributed by atoms with Gasteiger partial charge in [-0.15, -0.1) is 11.3 Å². The van der Waals surface area contributed by atoms with E-state index in [1.807, 2.05) is 78.2 Å². The van der Waals surface area contributed by atoms with Gasteiger partial charge in [-0.25, -0.2) is 4.98 Å². The molecule has 0 spiro atoms. The van der Waals surface area contributed by atoms with Gasteiger partial charge in [0, 0.05) is 5.38 Å². The van der Waals surface area contributed by atoms with Gasteiger partial charge in [0.2, 0.25) is 0 Å². The molecule has 3 heteroatoms. The maximum Gasteiger partial charge on any atom is 0.138 e. The van der Waals surface area contributed by atoms with Gasteiger partial charge in [0.25, 0.3) is 0 Å². The average molecular weight is 307 g/mol. The summed E-state index contributed by atoms with van der Waals surface area (Å²) in [5, 5.41) is 13.4. The zero-order valence-corrected chi connectivity index (χ0v) is 13.1. The Morgan fingerprint density at radius 3 is 2.27 bits per heavy atom. The van der Waals surface area contributed by atoms with Crippen LogP contribution in [-0.4, -0.2) is 10.1 Å². The molecule has 0 saturated carbocycles. The van der Waals surface area contributed by atoms with E-state index in [4.69, 9.17) is 0 Å². The first-order chi connectivity index (χ1) is 10.7. The molecule has 3 rings (SSSR count). The molecule has 1 heterocycles. The Balaban J connectivity index is 1.83. The van der Waals surface area contributed by atoms with Crippen LogP contribution in [0.5, 0.6) is 0 Å². The van der Waals surface area contributed by atoms with Crippen LogP contribution in [0.3, 0.4) is 0 Å². The van der Waals surface area contributed by atoms with Crippen LogP contribution in [0.1, 0.15) is 28.8 Å². The van der Waals surface area contributed by atoms with Gasteiger partial charge in [-0.3, -0.25) is 0 Å². The molecule has 0 aliphatic heterocycles. The van der Waals surface area contributed by atoms with Crippen molar-refractivity contribution in [1.29, 1.82) is 0 Å². The second-order valence-electron chi connectivity index (χ2n) is 5.26. The zero-order chi connectivity index (χ0) is 15.4. The fraction of sp³-hybridized carbons (Fsp3) is 0.105. The topological polar surface area (TPSA) is 33.1 Å². The van der Waals surface area contributed by atoms with Crippen molar-refractivity contribution in [2.45, 2.75) is 12.5 Å². The minimum absolute atomic E-state index is 0.700. The van der Waals surface area contributed by atoms with Gasteiger partial charge >= 0.3 is 0 Å². The molecule has 0 bridgehead atoms. The third kappa shape index (κ3) is 3.16. The molecule has 1 N–H and O–H groups in total. The number of hydrogen-bond donors (Lipinski definition) is 1. The quantitative estimate of drug-likeness (QED) is 0.766. The van der Waals surface area contributed by atoms with Crippen molar-refractivity contribution in [1.82, 2.24) is 4.98 Å². The van der Waals surface area contributed by atoms with Crippen LogP contribution in [0.25, 0.3) is 12.2 Å². The highest BCUT2D eigenvalue weighted by atomic mass is 32.1. The molecule has 0 fully saturated rings. The Morgan fingerprint density at radius 1 is 0.955 bits per heavy atom. The maximum atomic E-state index is 10.8. The van der Waals surface area contributed by atoms with E-state index in [0.717, 1.165) is 16.8 Å². The van der Waals surface area contributed by atoms with E-state index in [-0.39, 0.29) is 0 Å². The molecule has 110 valence electrons. The third-order valence-corrected chi connectivity index (χ3v) is 4.59. The van der Waals surface area contributed by atoms with E-state index in [2.05, 4.69) is 4.98 Å². The number of aliphatic hydroxyl groups is 1. The molecule has 0 amide bonds. The fourth-order valence-electron chi connectivity index (χ4n) is 2.22. The summed E-state index contributed by atoms with van der Waals surface area (Å²) in [6, 6.07) is 19.7.